The lowest BCUT2D eigenvalue weighted by molar-refractivity contribution is 0.600. The summed E-state index contributed by atoms with van der Waals surface area (Å²) in [6, 6.07) is 2.81. The Labute approximate surface area is 114 Å². The summed E-state index contributed by atoms with van der Waals surface area (Å²) >= 11 is 0. The lowest BCUT2D eigenvalue weighted by Gasteiger charge is -2.24. The number of sulfone groups is 1. The number of halogens is 1. The van der Waals surface area contributed by atoms with Gasteiger partial charge in [-0.2, -0.15) is 0 Å². The molecule has 0 heterocycles. The monoisotopic (exact) mass is 288 g/mol. The maximum Gasteiger partial charge on any atom is 0.149 e. The zero-order valence-corrected chi connectivity index (χ0v) is 12.6. The van der Waals surface area contributed by atoms with Crippen LogP contribution in [0.2, 0.25) is 0 Å². The average Bonchev–Trinajstić information content (AvgIpc) is 2.27. The number of benzene rings is 1. The van der Waals surface area contributed by atoms with Crippen LogP contribution in [0.25, 0.3) is 0 Å². The Morgan fingerprint density at radius 3 is 2.47 bits per heavy atom. The molecule has 0 radical (unpaired) electrons. The molecule has 1 rings (SSSR count). The fraction of sp³-hybridized carbons (Fsp3) is 0.538. The normalized spacial score (nSPS) is 13.4. The zero-order chi connectivity index (χ0) is 14.8. The van der Waals surface area contributed by atoms with Gasteiger partial charge in [-0.05, 0) is 37.1 Å². The van der Waals surface area contributed by atoms with Crippen molar-refractivity contribution in [1.82, 2.24) is 0 Å². The van der Waals surface area contributed by atoms with Crippen LogP contribution < -0.4 is 10.6 Å². The Bertz CT molecular complexity index is 556. The van der Waals surface area contributed by atoms with Crippen LogP contribution in [0.15, 0.2) is 12.1 Å². The summed E-state index contributed by atoms with van der Waals surface area (Å²) in [7, 11) is -1.24. The van der Waals surface area contributed by atoms with Crippen molar-refractivity contribution in [1.29, 1.82) is 0 Å². The summed E-state index contributed by atoms with van der Waals surface area (Å²) in [5.41, 5.74) is 7.82. The van der Waals surface area contributed by atoms with Crippen LogP contribution >= 0.6 is 0 Å². The first-order valence-corrected chi connectivity index (χ1v) is 8.12. The molecule has 0 aromatic heterocycles. The first-order chi connectivity index (χ1) is 8.61. The Kier molecular flexibility index (Phi) is 4.92. The van der Waals surface area contributed by atoms with E-state index in [1.54, 1.807) is 31.9 Å². The van der Waals surface area contributed by atoms with Gasteiger partial charge in [0.25, 0.3) is 0 Å². The largest absolute Gasteiger partial charge is 0.373 e. The Morgan fingerprint density at radius 1 is 1.42 bits per heavy atom. The molecule has 0 amide bonds. The number of aryl methyl sites for hydroxylation is 1. The zero-order valence-electron chi connectivity index (χ0n) is 11.8. The van der Waals surface area contributed by atoms with E-state index in [1.807, 2.05) is 0 Å². The van der Waals surface area contributed by atoms with Gasteiger partial charge in [-0.3, -0.25) is 0 Å². The summed E-state index contributed by atoms with van der Waals surface area (Å²) in [4.78, 5) is 1.80. The lowest BCUT2D eigenvalue weighted by atomic mass is 10.0. The van der Waals surface area contributed by atoms with Crippen LogP contribution in [0, 0.1) is 12.7 Å². The van der Waals surface area contributed by atoms with Gasteiger partial charge in [-0.15, -0.1) is 0 Å². The van der Waals surface area contributed by atoms with Crippen molar-refractivity contribution < 1.29 is 12.8 Å². The Hall–Kier alpha value is -1.14. The van der Waals surface area contributed by atoms with E-state index in [0.717, 1.165) is 5.69 Å². The minimum atomic E-state index is -3.03. The van der Waals surface area contributed by atoms with Crippen molar-refractivity contribution in [2.75, 3.05) is 30.5 Å². The molecular weight excluding hydrogens is 267 g/mol. The summed E-state index contributed by atoms with van der Waals surface area (Å²) in [5.74, 6) is -0.245. The van der Waals surface area contributed by atoms with E-state index in [2.05, 4.69) is 0 Å². The molecule has 0 aliphatic carbocycles. The molecule has 108 valence electrons. The van der Waals surface area contributed by atoms with Gasteiger partial charge in [0.15, 0.2) is 0 Å². The second-order valence-electron chi connectivity index (χ2n) is 5.00. The van der Waals surface area contributed by atoms with E-state index in [4.69, 9.17) is 5.73 Å². The second-order valence-corrected chi connectivity index (χ2v) is 7.26. The summed E-state index contributed by atoms with van der Waals surface area (Å²) in [6.45, 7) is 3.80. The molecule has 2 N–H and O–H groups in total. The fourth-order valence-electron chi connectivity index (χ4n) is 1.80. The van der Waals surface area contributed by atoms with E-state index in [0.29, 0.717) is 17.7 Å². The smallest absolute Gasteiger partial charge is 0.149 e. The van der Waals surface area contributed by atoms with Gasteiger partial charge in [0.05, 0.1) is 5.75 Å². The van der Waals surface area contributed by atoms with Crippen molar-refractivity contribution in [2.45, 2.75) is 19.9 Å². The number of nitrogens with two attached hydrogens (primary N) is 1. The maximum atomic E-state index is 13.6. The van der Waals surface area contributed by atoms with Crippen LogP contribution in [0.3, 0.4) is 0 Å². The molecule has 19 heavy (non-hydrogen) atoms. The average molecular weight is 288 g/mol. The number of hydrogen-bond acceptors (Lipinski definition) is 4. The van der Waals surface area contributed by atoms with Crippen molar-refractivity contribution in [3.8, 4) is 0 Å². The third-order valence-electron chi connectivity index (χ3n) is 3.01. The standard InChI is InChI=1S/C13H21FN2O2S/c1-9-7-13(11(10(2)15)8-12(9)14)16(3)5-6-19(4,17)18/h7-8,10H,5-6,15H2,1-4H3/t10-/m0/s1. The highest BCUT2D eigenvalue weighted by atomic mass is 32.2. The SMILES string of the molecule is Cc1cc(N(C)CCS(C)(=O)=O)c([C@H](C)N)cc1F. The van der Waals surface area contributed by atoms with Crippen molar-refractivity contribution in [2.24, 2.45) is 5.73 Å². The van der Waals surface area contributed by atoms with Gasteiger partial charge in [-0.25, -0.2) is 12.8 Å². The predicted molar refractivity (Wildman–Crippen MR) is 76.7 cm³/mol. The Balaban J connectivity index is 3.07. The number of rotatable bonds is 5. The number of nitrogens with zero attached hydrogens (tertiary/aromatic N) is 1. The van der Waals surface area contributed by atoms with Gasteiger partial charge in [0.2, 0.25) is 0 Å². The molecule has 1 atom stereocenters. The highest BCUT2D eigenvalue weighted by molar-refractivity contribution is 7.90. The highest BCUT2D eigenvalue weighted by Gasteiger charge is 2.15. The molecule has 1 aromatic rings. The molecule has 4 nitrogen and oxygen atoms in total. The first kappa shape index (κ1) is 15.9. The number of hydrogen-bond donors (Lipinski definition) is 1. The van der Waals surface area contributed by atoms with Crippen molar-refractivity contribution in [3.05, 3.63) is 29.1 Å². The molecule has 1 aromatic carbocycles. The molecular formula is C13H21FN2O2S. The molecule has 0 fully saturated rings. The van der Waals surface area contributed by atoms with E-state index in [9.17, 15) is 12.8 Å². The van der Waals surface area contributed by atoms with E-state index >= 15 is 0 Å². The molecule has 0 saturated carbocycles. The van der Waals surface area contributed by atoms with Gasteiger partial charge >= 0.3 is 0 Å². The van der Waals surface area contributed by atoms with E-state index in [1.165, 1.54) is 12.3 Å². The number of anilines is 1. The van der Waals surface area contributed by atoms with Crippen molar-refractivity contribution >= 4 is 15.5 Å². The summed E-state index contributed by atoms with van der Waals surface area (Å²) in [6.07, 6.45) is 1.20. The molecule has 0 spiro atoms. The fourth-order valence-corrected chi connectivity index (χ4v) is 2.41. The summed E-state index contributed by atoms with van der Waals surface area (Å²) in [5, 5.41) is 0. The van der Waals surface area contributed by atoms with Crippen molar-refractivity contribution in [3.63, 3.8) is 0 Å². The molecule has 0 aliphatic heterocycles. The van der Waals surface area contributed by atoms with Gasteiger partial charge < -0.3 is 10.6 Å². The maximum absolute atomic E-state index is 13.6. The molecule has 0 saturated heterocycles. The van der Waals surface area contributed by atoms with E-state index < -0.39 is 9.84 Å². The van der Waals surface area contributed by atoms with Crippen LogP contribution in [0.4, 0.5) is 10.1 Å². The first-order valence-electron chi connectivity index (χ1n) is 6.06. The highest BCUT2D eigenvalue weighted by Crippen LogP contribution is 2.27. The molecule has 0 aliphatic rings. The molecule has 0 bridgehead atoms. The van der Waals surface area contributed by atoms with Gasteiger partial charge in [0.1, 0.15) is 15.7 Å². The minimum Gasteiger partial charge on any atom is -0.373 e. The van der Waals surface area contributed by atoms with Crippen LogP contribution in [-0.4, -0.2) is 34.0 Å². The predicted octanol–water partition coefficient (Wildman–Crippen LogP) is 1.63. The lowest BCUT2D eigenvalue weighted by Crippen LogP contribution is -2.27. The summed E-state index contributed by atoms with van der Waals surface area (Å²) < 4.78 is 36.0. The molecule has 0 unspecified atom stereocenters. The van der Waals surface area contributed by atoms with Crippen LogP contribution in [-0.2, 0) is 9.84 Å². The van der Waals surface area contributed by atoms with Crippen LogP contribution in [0.5, 0.6) is 0 Å². The Morgan fingerprint density at radius 2 is 2.00 bits per heavy atom. The van der Waals surface area contributed by atoms with Gasteiger partial charge in [0, 0.05) is 31.6 Å². The topological polar surface area (TPSA) is 63.4 Å². The minimum absolute atomic E-state index is 0.0539. The third-order valence-corrected chi connectivity index (χ3v) is 3.93. The second kappa shape index (κ2) is 5.88. The van der Waals surface area contributed by atoms with Gasteiger partial charge in [-0.1, -0.05) is 0 Å². The third kappa shape index (κ3) is 4.47. The molecule has 6 heteroatoms. The quantitative estimate of drug-likeness (QED) is 0.894. The van der Waals surface area contributed by atoms with Crippen LogP contribution in [0.1, 0.15) is 24.1 Å². The van der Waals surface area contributed by atoms with E-state index in [-0.39, 0.29) is 17.6 Å².